The van der Waals surface area contributed by atoms with Crippen LogP contribution in [0.15, 0.2) is 60.7 Å². The minimum atomic E-state index is -0.692. The molecule has 0 aliphatic carbocycles. The lowest BCUT2D eigenvalue weighted by molar-refractivity contribution is -0.142. The maximum Gasteiger partial charge on any atom is 0.246 e. The standard InChI is InChI=1S/C52H70N8O6S4/c1-33(53-7)47(67)57-37-23-27-69-41-29-51(3,4)43(59(41)49(37)63)45(61)55-39(35-19-13-11-14-20-35)31-65-25-17-9-10-18-26-66-32-40(36-21-15-12-16-22-36)56-46(62)44-52(5,6)30-42-60(44)50(64)38(24-28-70-42)58-48(68)34(2)54-8/h11-16,19-22,33-34,37-44,53-54H,23-32H2,1-8H3,(H,55,61)(H,56,62)(H,57,67)(H,58,68)/t33-,34+,37-,38+,39+,40-,41?,42?,43+,44-. The smallest absolute Gasteiger partial charge is 0.246 e. The Morgan fingerprint density at radius 2 is 1.04 bits per heavy atom. The molecule has 0 aromatic heterocycles. The highest BCUT2D eigenvalue weighted by molar-refractivity contribution is 8.00. The first kappa shape index (κ1) is 55.1. The van der Waals surface area contributed by atoms with Crippen LogP contribution in [0.2, 0.25) is 0 Å². The predicted molar refractivity (Wildman–Crippen MR) is 288 cm³/mol. The van der Waals surface area contributed by atoms with Crippen molar-refractivity contribution >= 4 is 81.6 Å². The van der Waals surface area contributed by atoms with Crippen LogP contribution in [0.4, 0.5) is 0 Å². The van der Waals surface area contributed by atoms with Crippen molar-refractivity contribution in [2.45, 2.75) is 126 Å². The summed E-state index contributed by atoms with van der Waals surface area (Å²) in [5.74, 6) is 12.4. The van der Waals surface area contributed by atoms with Crippen LogP contribution in [0, 0.1) is 34.5 Å². The summed E-state index contributed by atoms with van der Waals surface area (Å²) in [7, 11) is 3.65. The summed E-state index contributed by atoms with van der Waals surface area (Å²) >= 11 is 14.6. The lowest BCUT2D eigenvalue weighted by Crippen LogP contribution is -2.58. The van der Waals surface area contributed by atoms with Crippen LogP contribution in [-0.2, 0) is 28.7 Å². The Hall–Kier alpha value is -4.24. The molecular weight excluding hydrogens is 961 g/mol. The lowest BCUT2D eigenvalue weighted by atomic mass is 9.83. The molecule has 70 heavy (non-hydrogen) atoms. The summed E-state index contributed by atoms with van der Waals surface area (Å²) in [6.07, 6.45) is 2.62. The van der Waals surface area contributed by atoms with Gasteiger partial charge < -0.3 is 51.2 Å². The molecule has 4 aliphatic rings. The van der Waals surface area contributed by atoms with Gasteiger partial charge in [-0.2, -0.15) is 0 Å². The van der Waals surface area contributed by atoms with E-state index in [-0.39, 0.29) is 72.9 Å². The van der Waals surface area contributed by atoms with E-state index in [1.54, 1.807) is 33.3 Å². The second kappa shape index (κ2) is 25.4. The highest BCUT2D eigenvalue weighted by atomic mass is 32.2. The zero-order valence-corrected chi connectivity index (χ0v) is 44.9. The number of benzene rings is 2. The third-order valence-corrected chi connectivity index (χ3v) is 17.0. The van der Waals surface area contributed by atoms with Gasteiger partial charge in [0.05, 0.1) is 58.1 Å². The monoisotopic (exact) mass is 1030 g/mol. The molecule has 0 bridgehead atoms. The van der Waals surface area contributed by atoms with Gasteiger partial charge in [-0.3, -0.25) is 19.2 Å². The third kappa shape index (κ3) is 13.8. The summed E-state index contributed by atoms with van der Waals surface area (Å²) < 4.78 is 12.0. The third-order valence-electron chi connectivity index (χ3n) is 13.6. The molecule has 2 aromatic carbocycles. The molecule has 2 aromatic rings. The first-order valence-electron chi connectivity index (χ1n) is 24.1. The molecule has 378 valence electrons. The van der Waals surface area contributed by atoms with Crippen molar-refractivity contribution < 1.29 is 28.7 Å². The average molecular weight is 1030 g/mol. The fraction of sp³-hybridized carbons (Fsp3) is 0.577. The van der Waals surface area contributed by atoms with E-state index in [2.05, 4.69) is 55.6 Å². The van der Waals surface area contributed by atoms with E-state index in [1.165, 1.54) is 0 Å². The molecule has 4 aliphatic heterocycles. The number of carbonyl (C=O) groups excluding carboxylic acids is 4. The predicted octanol–water partition coefficient (Wildman–Crippen LogP) is 4.71. The van der Waals surface area contributed by atoms with Gasteiger partial charge in [-0.15, -0.1) is 23.5 Å². The average Bonchev–Trinajstić information content (AvgIpc) is 3.66. The Bertz CT molecular complexity index is 2140. The topological polar surface area (TPSA) is 165 Å². The maximum absolute atomic E-state index is 14.4. The van der Waals surface area contributed by atoms with Crippen molar-refractivity contribution in [2.24, 2.45) is 10.8 Å². The zero-order chi connectivity index (χ0) is 50.6. The number of hydrogen-bond donors (Lipinski definition) is 6. The van der Waals surface area contributed by atoms with Crippen molar-refractivity contribution in [3.05, 3.63) is 71.8 Å². The molecule has 4 amide bonds. The molecular formula is C52H70N8O6S4. The van der Waals surface area contributed by atoms with Gasteiger partial charge in [0.25, 0.3) is 0 Å². The normalized spacial score (nSPS) is 25.1. The van der Waals surface area contributed by atoms with Gasteiger partial charge in [-0.05, 0) is 98.9 Å². The van der Waals surface area contributed by atoms with Crippen LogP contribution in [-0.4, -0.2) is 142 Å². The molecule has 18 heteroatoms. The van der Waals surface area contributed by atoms with Crippen LogP contribution < -0.4 is 31.9 Å². The lowest BCUT2D eigenvalue weighted by Gasteiger charge is -2.35. The summed E-state index contributed by atoms with van der Waals surface area (Å²) in [6, 6.07) is 15.7. The summed E-state index contributed by atoms with van der Waals surface area (Å²) in [5, 5.41) is 19.0. The van der Waals surface area contributed by atoms with Crippen molar-refractivity contribution in [2.75, 3.05) is 52.0 Å². The molecule has 14 nitrogen and oxygen atoms in total. The molecule has 6 rings (SSSR count). The summed E-state index contributed by atoms with van der Waals surface area (Å²) in [6.45, 7) is 12.5. The second-order valence-electron chi connectivity index (χ2n) is 19.6. The largest absolute Gasteiger partial charge is 0.367 e. The molecule has 0 spiro atoms. The number of amides is 4. The molecule has 4 saturated heterocycles. The number of likely N-dealkylation sites (N-methyl/N-ethyl adjacent to an activating group) is 2. The number of hydrogen-bond acceptors (Lipinski definition) is 12. The molecule has 2 unspecified atom stereocenters. The number of rotatable bonds is 18. The Morgan fingerprint density at radius 3 is 1.40 bits per heavy atom. The van der Waals surface area contributed by atoms with Crippen LogP contribution in [0.25, 0.3) is 0 Å². The highest BCUT2D eigenvalue weighted by Crippen LogP contribution is 2.48. The van der Waals surface area contributed by atoms with E-state index < -0.39 is 47.1 Å². The number of carbonyl (C=O) groups is 4. The van der Waals surface area contributed by atoms with Gasteiger partial charge in [-0.1, -0.05) is 125 Å². The summed E-state index contributed by atoms with van der Waals surface area (Å²) in [5.41, 5.74) is 0.788. The number of thioether (sulfide) groups is 2. The van der Waals surface area contributed by atoms with Gasteiger partial charge in [-0.25, -0.2) is 0 Å². The van der Waals surface area contributed by atoms with Crippen LogP contribution >= 0.6 is 48.0 Å². The van der Waals surface area contributed by atoms with Gasteiger partial charge in [0, 0.05) is 0 Å². The fourth-order valence-corrected chi connectivity index (χ4v) is 13.2. The van der Waals surface area contributed by atoms with E-state index in [0.717, 1.165) is 22.6 Å². The van der Waals surface area contributed by atoms with E-state index >= 15 is 0 Å². The first-order valence-corrected chi connectivity index (χ1v) is 27.0. The number of nitrogens with one attached hydrogen (secondary N) is 6. The fourth-order valence-electron chi connectivity index (χ4n) is 9.49. The Balaban J connectivity index is 1.04. The Morgan fingerprint density at radius 1 is 0.671 bits per heavy atom. The van der Waals surface area contributed by atoms with Crippen molar-refractivity contribution in [1.29, 1.82) is 0 Å². The number of thiocarbonyl (C=S) groups is 2. The van der Waals surface area contributed by atoms with Gasteiger partial charge in [0.1, 0.15) is 37.4 Å². The number of ether oxygens (including phenoxy) is 2. The molecule has 4 heterocycles. The molecule has 4 fully saturated rings. The molecule has 0 saturated carbocycles. The van der Waals surface area contributed by atoms with Crippen molar-refractivity contribution in [1.82, 2.24) is 41.7 Å². The Kier molecular flexibility index (Phi) is 20.0. The van der Waals surface area contributed by atoms with E-state index in [4.69, 9.17) is 33.9 Å². The van der Waals surface area contributed by atoms with E-state index in [0.29, 0.717) is 35.7 Å². The molecule has 10 atom stereocenters. The zero-order valence-electron chi connectivity index (χ0n) is 41.6. The highest BCUT2D eigenvalue weighted by Gasteiger charge is 2.56. The van der Waals surface area contributed by atoms with Gasteiger partial charge >= 0.3 is 0 Å². The quantitative estimate of drug-likeness (QED) is 0.0692. The SMILES string of the molecule is CN[C@@H](C)C(=S)N[C@H]1CCSC2CC(C)(C)[C@@H](C(=O)N[C@H](COCC#CC#CCOC[C@H](NC(=O)[C@@H]3N4C(=O)[C@H](NC(=S)[C@@H](C)NC)CCSC4CC3(C)C)c3ccccc3)c3ccccc3)N2C1=O. The summed E-state index contributed by atoms with van der Waals surface area (Å²) in [4.78, 5) is 61.8. The first-order chi connectivity index (χ1) is 33.5. The van der Waals surface area contributed by atoms with Gasteiger partial charge in [0.15, 0.2) is 0 Å². The number of nitrogens with zero attached hydrogens (tertiary/aromatic N) is 2. The van der Waals surface area contributed by atoms with Gasteiger partial charge in [0.2, 0.25) is 23.6 Å². The maximum atomic E-state index is 14.4. The molecule has 6 N–H and O–H groups in total. The van der Waals surface area contributed by atoms with Crippen LogP contribution in [0.1, 0.15) is 90.4 Å². The number of fused-ring (bicyclic) bond motifs is 2. The van der Waals surface area contributed by atoms with E-state index in [1.807, 2.05) is 116 Å². The second-order valence-corrected chi connectivity index (χ2v) is 23.1. The molecule has 0 radical (unpaired) electrons. The van der Waals surface area contributed by atoms with Crippen LogP contribution in [0.3, 0.4) is 0 Å². The van der Waals surface area contributed by atoms with Crippen molar-refractivity contribution in [3.63, 3.8) is 0 Å². The van der Waals surface area contributed by atoms with E-state index in [9.17, 15) is 19.2 Å². The van der Waals surface area contributed by atoms with Crippen molar-refractivity contribution in [3.8, 4) is 23.7 Å². The minimum Gasteiger partial charge on any atom is -0.367 e. The minimum absolute atomic E-state index is 0.0718. The van der Waals surface area contributed by atoms with Crippen LogP contribution in [0.5, 0.6) is 0 Å². The Labute approximate surface area is 434 Å².